The number of carbonyl (C=O) groups excluding carboxylic acids is 1. The van der Waals surface area contributed by atoms with E-state index in [1.807, 2.05) is 50.8 Å². The summed E-state index contributed by atoms with van der Waals surface area (Å²) < 4.78 is 11.5. The van der Waals surface area contributed by atoms with Crippen molar-refractivity contribution in [3.05, 3.63) is 23.8 Å². The first-order valence-corrected chi connectivity index (χ1v) is 8.78. The number of ether oxygens (including phenoxy) is 2. The van der Waals surface area contributed by atoms with Crippen LogP contribution in [0.2, 0.25) is 0 Å². The normalized spacial score (nSPS) is 25.0. The SMILES string of the molecule is COc1ccc([C@@H]2CN(C(C)=O)C[C@@]2(C)[C@@H](C)O)cc1OC(C)(C)C. The first-order chi connectivity index (χ1) is 11.5. The maximum absolute atomic E-state index is 11.9. The van der Waals surface area contributed by atoms with Gasteiger partial charge in [0.15, 0.2) is 11.5 Å². The maximum Gasteiger partial charge on any atom is 0.219 e. The predicted molar refractivity (Wildman–Crippen MR) is 98.2 cm³/mol. The molecule has 25 heavy (non-hydrogen) atoms. The fourth-order valence-corrected chi connectivity index (χ4v) is 3.48. The number of benzene rings is 1. The van der Waals surface area contributed by atoms with E-state index in [9.17, 15) is 9.90 Å². The van der Waals surface area contributed by atoms with Gasteiger partial charge in [0.05, 0.1) is 13.2 Å². The molecule has 1 N–H and O–H groups in total. The zero-order valence-electron chi connectivity index (χ0n) is 16.4. The molecule has 3 atom stereocenters. The van der Waals surface area contributed by atoms with Gasteiger partial charge in [-0.3, -0.25) is 4.79 Å². The van der Waals surface area contributed by atoms with Crippen molar-refractivity contribution in [3.63, 3.8) is 0 Å². The van der Waals surface area contributed by atoms with Crippen molar-refractivity contribution in [2.45, 2.75) is 59.2 Å². The summed E-state index contributed by atoms with van der Waals surface area (Å²) >= 11 is 0. The van der Waals surface area contributed by atoms with Crippen molar-refractivity contribution < 1.29 is 19.4 Å². The van der Waals surface area contributed by atoms with Gasteiger partial charge < -0.3 is 19.5 Å². The van der Waals surface area contributed by atoms with Gasteiger partial charge in [0.1, 0.15) is 5.60 Å². The summed E-state index contributed by atoms with van der Waals surface area (Å²) in [5, 5.41) is 10.4. The van der Waals surface area contributed by atoms with Crippen LogP contribution in [0.15, 0.2) is 18.2 Å². The monoisotopic (exact) mass is 349 g/mol. The second kappa shape index (κ2) is 6.87. The lowest BCUT2D eigenvalue weighted by Gasteiger charge is -2.34. The van der Waals surface area contributed by atoms with Gasteiger partial charge in [0.2, 0.25) is 5.91 Å². The van der Waals surface area contributed by atoms with E-state index in [-0.39, 0.29) is 17.4 Å². The van der Waals surface area contributed by atoms with Gasteiger partial charge in [-0.2, -0.15) is 0 Å². The number of carbonyl (C=O) groups is 1. The highest BCUT2D eigenvalue weighted by molar-refractivity contribution is 5.74. The van der Waals surface area contributed by atoms with Crippen LogP contribution in [-0.4, -0.2) is 47.8 Å². The smallest absolute Gasteiger partial charge is 0.219 e. The van der Waals surface area contributed by atoms with E-state index < -0.39 is 11.5 Å². The summed E-state index contributed by atoms with van der Waals surface area (Å²) in [6.07, 6.45) is -0.532. The van der Waals surface area contributed by atoms with Crippen LogP contribution in [0.4, 0.5) is 0 Å². The first-order valence-electron chi connectivity index (χ1n) is 8.78. The zero-order chi connectivity index (χ0) is 19.0. The van der Waals surface area contributed by atoms with Crippen molar-refractivity contribution in [2.24, 2.45) is 5.41 Å². The van der Waals surface area contributed by atoms with Crippen LogP contribution in [0, 0.1) is 5.41 Å². The third kappa shape index (κ3) is 4.09. The van der Waals surface area contributed by atoms with Crippen LogP contribution < -0.4 is 9.47 Å². The van der Waals surface area contributed by atoms with Crippen molar-refractivity contribution in [2.75, 3.05) is 20.2 Å². The Bertz CT molecular complexity index is 635. The Morgan fingerprint density at radius 3 is 2.48 bits per heavy atom. The molecule has 1 amide bonds. The predicted octanol–water partition coefficient (Wildman–Crippen LogP) is 3.21. The molecule has 0 spiro atoms. The van der Waals surface area contributed by atoms with Gasteiger partial charge in [0.25, 0.3) is 0 Å². The summed E-state index contributed by atoms with van der Waals surface area (Å²) in [6, 6.07) is 5.89. The molecule has 1 saturated heterocycles. The Morgan fingerprint density at radius 2 is 2.00 bits per heavy atom. The molecule has 0 radical (unpaired) electrons. The van der Waals surface area contributed by atoms with E-state index in [4.69, 9.17) is 9.47 Å². The van der Waals surface area contributed by atoms with E-state index in [1.165, 1.54) is 0 Å². The molecule has 1 aromatic rings. The molecular formula is C20H31NO4. The highest BCUT2D eigenvalue weighted by Crippen LogP contribution is 2.47. The Balaban J connectivity index is 2.45. The van der Waals surface area contributed by atoms with Crippen molar-refractivity contribution >= 4 is 5.91 Å². The van der Waals surface area contributed by atoms with Crippen LogP contribution >= 0.6 is 0 Å². The van der Waals surface area contributed by atoms with Gasteiger partial charge in [0, 0.05) is 31.3 Å². The second-order valence-electron chi connectivity index (χ2n) is 8.26. The summed E-state index contributed by atoms with van der Waals surface area (Å²) in [4.78, 5) is 13.7. The second-order valence-corrected chi connectivity index (χ2v) is 8.26. The molecule has 2 rings (SSSR count). The van der Waals surface area contributed by atoms with Crippen LogP contribution in [-0.2, 0) is 4.79 Å². The molecule has 1 heterocycles. The number of nitrogens with zero attached hydrogens (tertiary/aromatic N) is 1. The van der Waals surface area contributed by atoms with E-state index >= 15 is 0 Å². The van der Waals surface area contributed by atoms with Crippen LogP contribution in [0.1, 0.15) is 53.0 Å². The Kier molecular flexibility index (Phi) is 5.38. The molecule has 5 heteroatoms. The molecule has 0 saturated carbocycles. The van der Waals surface area contributed by atoms with Crippen molar-refractivity contribution in [1.29, 1.82) is 0 Å². The molecule has 0 aliphatic carbocycles. The molecule has 1 aliphatic rings. The fraction of sp³-hybridized carbons (Fsp3) is 0.650. The summed E-state index contributed by atoms with van der Waals surface area (Å²) in [5.74, 6) is 1.43. The number of aliphatic hydroxyl groups is 1. The van der Waals surface area contributed by atoms with E-state index in [1.54, 1.807) is 21.0 Å². The van der Waals surface area contributed by atoms with Crippen LogP contribution in [0.3, 0.4) is 0 Å². The number of rotatable bonds is 4. The highest BCUT2D eigenvalue weighted by Gasteiger charge is 2.47. The molecule has 140 valence electrons. The molecule has 1 aliphatic heterocycles. The number of methoxy groups -OCH3 is 1. The molecular weight excluding hydrogens is 318 g/mol. The van der Waals surface area contributed by atoms with Gasteiger partial charge >= 0.3 is 0 Å². The standard InChI is InChI=1S/C20H31NO4/c1-13(22)20(6)12-21(14(2)23)11-16(20)15-8-9-17(24-7)18(10-15)25-19(3,4)5/h8-10,13,16,22H,11-12H2,1-7H3/t13-,16+,20+/m1/s1. The third-order valence-electron chi connectivity index (χ3n) is 5.14. The Morgan fingerprint density at radius 1 is 1.36 bits per heavy atom. The van der Waals surface area contributed by atoms with Gasteiger partial charge in [-0.1, -0.05) is 13.0 Å². The lowest BCUT2D eigenvalue weighted by Crippen LogP contribution is -2.37. The largest absolute Gasteiger partial charge is 0.493 e. The van der Waals surface area contributed by atoms with Crippen LogP contribution in [0.5, 0.6) is 11.5 Å². The molecule has 0 bridgehead atoms. The maximum atomic E-state index is 11.9. The van der Waals surface area contributed by atoms with E-state index in [0.717, 1.165) is 5.56 Å². The molecule has 1 aromatic carbocycles. The van der Waals surface area contributed by atoms with Gasteiger partial charge in [-0.05, 0) is 45.4 Å². The lowest BCUT2D eigenvalue weighted by atomic mass is 9.72. The Labute approximate surface area is 150 Å². The zero-order valence-corrected chi connectivity index (χ0v) is 16.4. The molecule has 0 unspecified atom stereocenters. The third-order valence-corrected chi connectivity index (χ3v) is 5.14. The Hall–Kier alpha value is -1.75. The fourth-order valence-electron chi connectivity index (χ4n) is 3.48. The van der Waals surface area contributed by atoms with Gasteiger partial charge in [-0.25, -0.2) is 0 Å². The summed E-state index contributed by atoms with van der Waals surface area (Å²) in [5.41, 5.74) is 0.298. The molecule has 5 nitrogen and oxygen atoms in total. The lowest BCUT2D eigenvalue weighted by molar-refractivity contribution is -0.128. The number of aliphatic hydroxyl groups excluding tert-OH is 1. The molecule has 0 aromatic heterocycles. The number of likely N-dealkylation sites (tertiary alicyclic amines) is 1. The average Bonchev–Trinajstić information content (AvgIpc) is 2.85. The van der Waals surface area contributed by atoms with Crippen molar-refractivity contribution in [3.8, 4) is 11.5 Å². The molecule has 1 fully saturated rings. The quantitative estimate of drug-likeness (QED) is 0.907. The summed E-state index contributed by atoms with van der Waals surface area (Å²) in [6.45, 7) is 12.5. The number of hydrogen-bond acceptors (Lipinski definition) is 4. The number of amides is 1. The first kappa shape index (κ1) is 19.6. The van der Waals surface area contributed by atoms with Crippen LogP contribution in [0.25, 0.3) is 0 Å². The van der Waals surface area contributed by atoms with Gasteiger partial charge in [-0.15, -0.1) is 0 Å². The minimum absolute atomic E-state index is 0.0321. The van der Waals surface area contributed by atoms with E-state index in [0.29, 0.717) is 24.6 Å². The highest BCUT2D eigenvalue weighted by atomic mass is 16.5. The topological polar surface area (TPSA) is 59.0 Å². The average molecular weight is 349 g/mol. The van der Waals surface area contributed by atoms with E-state index in [2.05, 4.69) is 0 Å². The number of hydrogen-bond donors (Lipinski definition) is 1. The van der Waals surface area contributed by atoms with Crippen molar-refractivity contribution in [1.82, 2.24) is 4.90 Å². The minimum atomic E-state index is -0.532. The minimum Gasteiger partial charge on any atom is -0.493 e. The summed E-state index contributed by atoms with van der Waals surface area (Å²) in [7, 11) is 1.62.